The molecule has 3 nitrogen and oxygen atoms in total. The summed E-state index contributed by atoms with van der Waals surface area (Å²) in [7, 11) is 0. The summed E-state index contributed by atoms with van der Waals surface area (Å²) < 4.78 is 4.80. The van der Waals surface area contributed by atoms with Crippen molar-refractivity contribution in [3.05, 3.63) is 0 Å². The lowest BCUT2D eigenvalue weighted by atomic mass is 9.98. The molecule has 0 aliphatic carbocycles. The number of carbonyl (C=O) groups excluding carboxylic acids is 1. The molecule has 1 rings (SSSR count). The third-order valence-electron chi connectivity index (χ3n) is 2.46. The van der Waals surface area contributed by atoms with Crippen molar-refractivity contribution in [2.45, 2.75) is 32.3 Å². The minimum absolute atomic E-state index is 0.197. The molecule has 1 saturated heterocycles. The SMILES string of the molecule is CCOC(=O)CCC(O)C1CCSC1. The predicted octanol–water partition coefficient (Wildman–Crippen LogP) is 1.44. The van der Waals surface area contributed by atoms with Gasteiger partial charge in [-0.2, -0.15) is 11.8 Å². The Labute approximate surface area is 89.2 Å². The Bertz CT molecular complexity index is 178. The van der Waals surface area contributed by atoms with Gasteiger partial charge in [0.25, 0.3) is 0 Å². The van der Waals surface area contributed by atoms with Gasteiger partial charge in [-0.3, -0.25) is 4.79 Å². The zero-order valence-electron chi connectivity index (χ0n) is 8.57. The molecule has 1 heterocycles. The van der Waals surface area contributed by atoms with E-state index in [1.165, 1.54) is 0 Å². The first-order valence-corrected chi connectivity index (χ1v) is 6.31. The van der Waals surface area contributed by atoms with Crippen molar-refractivity contribution < 1.29 is 14.6 Å². The van der Waals surface area contributed by atoms with Crippen molar-refractivity contribution in [1.29, 1.82) is 0 Å². The van der Waals surface area contributed by atoms with Crippen molar-refractivity contribution in [3.8, 4) is 0 Å². The van der Waals surface area contributed by atoms with Gasteiger partial charge >= 0.3 is 5.97 Å². The van der Waals surface area contributed by atoms with Gasteiger partial charge < -0.3 is 9.84 Å². The topological polar surface area (TPSA) is 46.5 Å². The lowest BCUT2D eigenvalue weighted by Crippen LogP contribution is -2.21. The predicted molar refractivity (Wildman–Crippen MR) is 57.3 cm³/mol. The highest BCUT2D eigenvalue weighted by Crippen LogP contribution is 2.27. The minimum atomic E-state index is -0.325. The Morgan fingerprint density at radius 3 is 3.07 bits per heavy atom. The van der Waals surface area contributed by atoms with Crippen LogP contribution in [0, 0.1) is 5.92 Å². The van der Waals surface area contributed by atoms with Gasteiger partial charge in [-0.05, 0) is 37.2 Å². The average Bonchev–Trinajstić information content (AvgIpc) is 2.67. The summed E-state index contributed by atoms with van der Waals surface area (Å²) >= 11 is 1.88. The van der Waals surface area contributed by atoms with E-state index in [2.05, 4.69) is 0 Å². The third kappa shape index (κ3) is 3.88. The number of hydrogen-bond acceptors (Lipinski definition) is 4. The fourth-order valence-electron chi connectivity index (χ4n) is 1.59. The highest BCUT2D eigenvalue weighted by Gasteiger charge is 2.23. The summed E-state index contributed by atoms with van der Waals surface area (Å²) in [5.74, 6) is 2.36. The zero-order valence-corrected chi connectivity index (χ0v) is 9.39. The summed E-state index contributed by atoms with van der Waals surface area (Å²) in [5.41, 5.74) is 0. The quantitative estimate of drug-likeness (QED) is 0.709. The molecule has 2 unspecified atom stereocenters. The van der Waals surface area contributed by atoms with E-state index in [9.17, 15) is 9.90 Å². The smallest absolute Gasteiger partial charge is 0.305 e. The van der Waals surface area contributed by atoms with Gasteiger partial charge in [-0.25, -0.2) is 0 Å². The molecular weight excluding hydrogens is 200 g/mol. The van der Waals surface area contributed by atoms with Gasteiger partial charge in [0.1, 0.15) is 0 Å². The van der Waals surface area contributed by atoms with Gasteiger partial charge in [0.2, 0.25) is 0 Å². The van der Waals surface area contributed by atoms with Crippen LogP contribution in [0.2, 0.25) is 0 Å². The molecule has 0 radical (unpaired) electrons. The van der Waals surface area contributed by atoms with Gasteiger partial charge in [0.15, 0.2) is 0 Å². The number of carbonyl (C=O) groups is 1. The summed E-state index contributed by atoms with van der Waals surface area (Å²) in [5, 5.41) is 9.74. The molecule has 0 aromatic carbocycles. The van der Waals surface area contributed by atoms with E-state index in [-0.39, 0.29) is 12.1 Å². The van der Waals surface area contributed by atoms with Gasteiger partial charge in [0, 0.05) is 6.42 Å². The van der Waals surface area contributed by atoms with Crippen molar-refractivity contribution >= 4 is 17.7 Å². The first-order valence-electron chi connectivity index (χ1n) is 5.15. The summed E-state index contributed by atoms with van der Waals surface area (Å²) in [6.07, 6.45) is 1.64. The van der Waals surface area contributed by atoms with Crippen molar-refractivity contribution in [2.75, 3.05) is 18.1 Å². The van der Waals surface area contributed by atoms with E-state index in [1.54, 1.807) is 6.92 Å². The second-order valence-corrected chi connectivity index (χ2v) is 4.68. The molecule has 0 bridgehead atoms. The molecule has 0 aromatic heterocycles. The van der Waals surface area contributed by atoms with Crippen LogP contribution < -0.4 is 0 Å². The van der Waals surface area contributed by atoms with Crippen LogP contribution >= 0.6 is 11.8 Å². The van der Waals surface area contributed by atoms with Gasteiger partial charge in [-0.15, -0.1) is 0 Å². The Morgan fingerprint density at radius 2 is 2.50 bits per heavy atom. The highest BCUT2D eigenvalue weighted by molar-refractivity contribution is 7.99. The molecule has 2 atom stereocenters. The third-order valence-corrected chi connectivity index (χ3v) is 3.65. The largest absolute Gasteiger partial charge is 0.466 e. The first kappa shape index (κ1) is 11.9. The fourth-order valence-corrected chi connectivity index (χ4v) is 2.92. The van der Waals surface area contributed by atoms with Crippen molar-refractivity contribution in [1.82, 2.24) is 0 Å². The molecule has 1 fully saturated rings. The van der Waals surface area contributed by atoms with E-state index in [0.717, 1.165) is 17.9 Å². The number of aliphatic hydroxyl groups is 1. The van der Waals surface area contributed by atoms with Crippen LogP contribution in [0.25, 0.3) is 0 Å². The Balaban J connectivity index is 2.13. The fraction of sp³-hybridized carbons (Fsp3) is 0.900. The highest BCUT2D eigenvalue weighted by atomic mass is 32.2. The Hall–Kier alpha value is -0.220. The van der Waals surface area contributed by atoms with E-state index >= 15 is 0 Å². The van der Waals surface area contributed by atoms with E-state index in [0.29, 0.717) is 25.4 Å². The lowest BCUT2D eigenvalue weighted by Gasteiger charge is -2.16. The molecule has 14 heavy (non-hydrogen) atoms. The minimum Gasteiger partial charge on any atom is -0.466 e. The second-order valence-electron chi connectivity index (χ2n) is 3.53. The summed E-state index contributed by atoms with van der Waals surface area (Å²) in [6, 6.07) is 0. The van der Waals surface area contributed by atoms with Crippen molar-refractivity contribution in [2.24, 2.45) is 5.92 Å². The number of aliphatic hydroxyl groups excluding tert-OH is 1. The normalized spacial score (nSPS) is 23.4. The molecule has 4 heteroatoms. The average molecular weight is 218 g/mol. The summed E-state index contributed by atoms with van der Waals surface area (Å²) in [6.45, 7) is 2.22. The van der Waals surface area contributed by atoms with Gasteiger partial charge in [-0.1, -0.05) is 0 Å². The van der Waals surface area contributed by atoms with Crippen molar-refractivity contribution in [3.63, 3.8) is 0 Å². The molecule has 82 valence electrons. The second kappa shape index (κ2) is 6.30. The Kier molecular flexibility index (Phi) is 5.33. The Morgan fingerprint density at radius 1 is 1.71 bits per heavy atom. The number of esters is 1. The van der Waals surface area contributed by atoms with Crippen LogP contribution in [0.3, 0.4) is 0 Å². The molecular formula is C10H18O3S. The summed E-state index contributed by atoms with van der Waals surface area (Å²) in [4.78, 5) is 11.0. The molecule has 1 aliphatic heterocycles. The van der Waals surface area contributed by atoms with Crippen LogP contribution in [0.4, 0.5) is 0 Å². The molecule has 0 aromatic rings. The molecule has 1 aliphatic rings. The van der Waals surface area contributed by atoms with Crippen LogP contribution in [0.5, 0.6) is 0 Å². The van der Waals surface area contributed by atoms with E-state index < -0.39 is 0 Å². The van der Waals surface area contributed by atoms with Crippen LogP contribution in [-0.2, 0) is 9.53 Å². The maximum atomic E-state index is 11.0. The van der Waals surface area contributed by atoms with Gasteiger partial charge in [0.05, 0.1) is 12.7 Å². The number of rotatable bonds is 5. The van der Waals surface area contributed by atoms with Crippen LogP contribution in [0.15, 0.2) is 0 Å². The number of hydrogen-bond donors (Lipinski definition) is 1. The molecule has 1 N–H and O–H groups in total. The van der Waals surface area contributed by atoms with Crippen LogP contribution in [0.1, 0.15) is 26.2 Å². The van der Waals surface area contributed by atoms with E-state index in [4.69, 9.17) is 4.74 Å². The molecule has 0 spiro atoms. The zero-order chi connectivity index (χ0) is 10.4. The molecule has 0 amide bonds. The standard InChI is InChI=1S/C10H18O3S/c1-2-13-10(12)4-3-9(11)8-5-6-14-7-8/h8-9,11H,2-7H2,1H3. The van der Waals surface area contributed by atoms with E-state index in [1.807, 2.05) is 11.8 Å². The first-order chi connectivity index (χ1) is 6.74. The number of thioether (sulfide) groups is 1. The monoisotopic (exact) mass is 218 g/mol. The molecule has 0 saturated carbocycles. The number of ether oxygens (including phenoxy) is 1. The van der Waals surface area contributed by atoms with Crippen LogP contribution in [-0.4, -0.2) is 35.3 Å². The maximum Gasteiger partial charge on any atom is 0.305 e. The lowest BCUT2D eigenvalue weighted by molar-refractivity contribution is -0.143. The maximum absolute atomic E-state index is 11.0.